The van der Waals surface area contributed by atoms with Gasteiger partial charge in [0, 0.05) is 18.7 Å². The molecule has 6 heteroatoms. The smallest absolute Gasteiger partial charge is 0.187 e. The van der Waals surface area contributed by atoms with Crippen molar-refractivity contribution in [1.82, 2.24) is 10.7 Å². The molecule has 0 unspecified atom stereocenters. The average molecular weight is 300 g/mol. The van der Waals surface area contributed by atoms with Crippen molar-refractivity contribution in [3.05, 3.63) is 34.9 Å². The predicted octanol–water partition coefficient (Wildman–Crippen LogP) is 2.56. The van der Waals surface area contributed by atoms with Gasteiger partial charge in [-0.15, -0.1) is 0 Å². The summed E-state index contributed by atoms with van der Waals surface area (Å²) in [7, 11) is 1.64. The third-order valence-corrected chi connectivity index (χ3v) is 2.88. The van der Waals surface area contributed by atoms with Crippen molar-refractivity contribution in [2.45, 2.75) is 13.3 Å². The zero-order chi connectivity index (χ0) is 14.1. The van der Waals surface area contributed by atoms with Gasteiger partial charge in [-0.3, -0.25) is 5.43 Å². The lowest BCUT2D eigenvalue weighted by molar-refractivity contribution is 0.204. The molecular formula is C13H18ClN3OS. The molecule has 4 nitrogen and oxygen atoms in total. The Kier molecular flexibility index (Phi) is 7.40. The maximum absolute atomic E-state index is 5.86. The van der Waals surface area contributed by atoms with Gasteiger partial charge in [-0.25, -0.2) is 0 Å². The lowest BCUT2D eigenvalue weighted by Crippen LogP contribution is -2.34. The number of ether oxygens (including phenoxy) is 1. The van der Waals surface area contributed by atoms with Crippen LogP contribution in [0.15, 0.2) is 29.4 Å². The number of methoxy groups -OCH3 is 1. The van der Waals surface area contributed by atoms with Crippen molar-refractivity contribution in [1.29, 1.82) is 0 Å². The van der Waals surface area contributed by atoms with Crippen LogP contribution in [0.3, 0.4) is 0 Å². The molecule has 0 atom stereocenters. The van der Waals surface area contributed by atoms with Crippen LogP contribution in [0.5, 0.6) is 0 Å². The van der Waals surface area contributed by atoms with Crippen molar-refractivity contribution < 1.29 is 4.74 Å². The summed E-state index contributed by atoms with van der Waals surface area (Å²) >= 11 is 11.0. The number of hydrogen-bond acceptors (Lipinski definition) is 3. The van der Waals surface area contributed by atoms with Crippen LogP contribution in [-0.4, -0.2) is 31.1 Å². The molecule has 0 radical (unpaired) electrons. The summed E-state index contributed by atoms with van der Waals surface area (Å²) in [5.74, 6) is 0. The second-order valence-electron chi connectivity index (χ2n) is 3.78. The SMILES string of the molecule is CC/C(=N\NC(=S)NCCOC)c1ccc(Cl)cc1. The molecule has 0 heterocycles. The Morgan fingerprint density at radius 2 is 2.05 bits per heavy atom. The summed E-state index contributed by atoms with van der Waals surface area (Å²) in [5.41, 5.74) is 4.78. The number of halogens is 1. The first kappa shape index (κ1) is 15.9. The fourth-order valence-electron chi connectivity index (χ4n) is 1.41. The molecular weight excluding hydrogens is 282 g/mol. The van der Waals surface area contributed by atoms with E-state index in [2.05, 4.69) is 15.8 Å². The summed E-state index contributed by atoms with van der Waals surface area (Å²) in [4.78, 5) is 0. The number of thiocarbonyl (C=S) groups is 1. The van der Waals surface area contributed by atoms with Crippen LogP contribution in [0.4, 0.5) is 0 Å². The van der Waals surface area contributed by atoms with Gasteiger partial charge in [0.15, 0.2) is 5.11 Å². The Labute approximate surface area is 124 Å². The molecule has 2 N–H and O–H groups in total. The highest BCUT2D eigenvalue weighted by molar-refractivity contribution is 7.80. The van der Waals surface area contributed by atoms with Gasteiger partial charge in [0.05, 0.1) is 12.3 Å². The van der Waals surface area contributed by atoms with Crippen molar-refractivity contribution in [2.24, 2.45) is 5.10 Å². The van der Waals surface area contributed by atoms with E-state index in [0.29, 0.717) is 23.3 Å². The number of benzene rings is 1. The van der Waals surface area contributed by atoms with E-state index in [-0.39, 0.29) is 0 Å². The van der Waals surface area contributed by atoms with Gasteiger partial charge in [-0.1, -0.05) is 30.7 Å². The van der Waals surface area contributed by atoms with E-state index in [1.165, 1.54) is 0 Å². The Hall–Kier alpha value is -1.17. The molecule has 1 aromatic rings. The van der Waals surface area contributed by atoms with Gasteiger partial charge in [-0.2, -0.15) is 5.10 Å². The van der Waals surface area contributed by atoms with Crippen LogP contribution in [-0.2, 0) is 4.74 Å². The first-order valence-corrected chi connectivity index (χ1v) is 6.81. The largest absolute Gasteiger partial charge is 0.383 e. The van der Waals surface area contributed by atoms with Crippen LogP contribution < -0.4 is 10.7 Å². The summed E-state index contributed by atoms with van der Waals surface area (Å²) in [6, 6.07) is 7.57. The molecule has 0 aliphatic rings. The van der Waals surface area contributed by atoms with Crippen molar-refractivity contribution >= 4 is 34.6 Å². The van der Waals surface area contributed by atoms with Gasteiger partial charge < -0.3 is 10.1 Å². The lowest BCUT2D eigenvalue weighted by Gasteiger charge is -2.08. The number of nitrogens with one attached hydrogen (secondary N) is 2. The fraction of sp³-hybridized carbons (Fsp3) is 0.385. The summed E-state index contributed by atoms with van der Waals surface area (Å²) in [6.07, 6.45) is 0.801. The van der Waals surface area contributed by atoms with Gasteiger partial charge in [0.1, 0.15) is 0 Å². The maximum atomic E-state index is 5.86. The molecule has 0 aliphatic carbocycles. The molecule has 0 saturated carbocycles. The van der Waals surface area contributed by atoms with Crippen LogP contribution in [0, 0.1) is 0 Å². The molecule has 104 valence electrons. The highest BCUT2D eigenvalue weighted by Crippen LogP contribution is 2.11. The van der Waals surface area contributed by atoms with Crippen LogP contribution in [0.2, 0.25) is 5.02 Å². The van der Waals surface area contributed by atoms with Crippen LogP contribution in [0.25, 0.3) is 0 Å². The number of hydrogen-bond donors (Lipinski definition) is 2. The highest BCUT2D eigenvalue weighted by Gasteiger charge is 2.01. The monoisotopic (exact) mass is 299 g/mol. The van der Waals surface area contributed by atoms with E-state index in [1.807, 2.05) is 31.2 Å². The zero-order valence-corrected chi connectivity index (χ0v) is 12.6. The molecule has 1 aromatic carbocycles. The predicted molar refractivity (Wildman–Crippen MR) is 83.9 cm³/mol. The Morgan fingerprint density at radius 3 is 2.63 bits per heavy atom. The van der Waals surface area contributed by atoms with E-state index < -0.39 is 0 Å². The Bertz CT molecular complexity index is 434. The minimum absolute atomic E-state index is 0.483. The summed E-state index contributed by atoms with van der Waals surface area (Å²) in [6.45, 7) is 3.29. The molecule has 1 rings (SSSR count). The molecule has 0 aliphatic heterocycles. The van der Waals surface area contributed by atoms with Crippen molar-refractivity contribution in [3.63, 3.8) is 0 Å². The number of nitrogens with zero attached hydrogens (tertiary/aromatic N) is 1. The maximum Gasteiger partial charge on any atom is 0.187 e. The molecule has 19 heavy (non-hydrogen) atoms. The first-order chi connectivity index (χ1) is 9.17. The van der Waals surface area contributed by atoms with E-state index in [1.54, 1.807) is 7.11 Å². The minimum atomic E-state index is 0.483. The Balaban J connectivity index is 2.57. The molecule has 0 fully saturated rings. The summed E-state index contributed by atoms with van der Waals surface area (Å²) < 4.78 is 4.92. The van der Waals surface area contributed by atoms with Crippen LogP contribution >= 0.6 is 23.8 Å². The lowest BCUT2D eigenvalue weighted by atomic mass is 10.1. The second-order valence-corrected chi connectivity index (χ2v) is 4.62. The van der Waals surface area contributed by atoms with E-state index in [0.717, 1.165) is 17.7 Å². The fourth-order valence-corrected chi connectivity index (χ4v) is 1.69. The molecule has 0 spiro atoms. The molecule has 0 amide bonds. The third-order valence-electron chi connectivity index (χ3n) is 2.40. The molecule has 0 saturated heterocycles. The Morgan fingerprint density at radius 1 is 1.37 bits per heavy atom. The standard InChI is InChI=1S/C13H18ClN3OS/c1-3-12(10-4-6-11(14)7-5-10)16-17-13(19)15-8-9-18-2/h4-7H,3,8-9H2,1-2H3,(H2,15,17,19)/b16-12+. The van der Waals surface area contributed by atoms with Gasteiger partial charge in [0.2, 0.25) is 0 Å². The first-order valence-electron chi connectivity index (χ1n) is 6.02. The van der Waals surface area contributed by atoms with E-state index in [9.17, 15) is 0 Å². The molecule has 0 aromatic heterocycles. The summed E-state index contributed by atoms with van der Waals surface area (Å²) in [5, 5.41) is 8.49. The van der Waals surface area contributed by atoms with E-state index >= 15 is 0 Å². The topological polar surface area (TPSA) is 45.7 Å². The number of rotatable bonds is 6. The van der Waals surface area contributed by atoms with Gasteiger partial charge >= 0.3 is 0 Å². The van der Waals surface area contributed by atoms with E-state index in [4.69, 9.17) is 28.6 Å². The zero-order valence-electron chi connectivity index (χ0n) is 11.1. The second kappa shape index (κ2) is 8.85. The molecule has 0 bridgehead atoms. The van der Waals surface area contributed by atoms with Crippen molar-refractivity contribution in [3.8, 4) is 0 Å². The van der Waals surface area contributed by atoms with Gasteiger partial charge in [-0.05, 0) is 36.3 Å². The quantitative estimate of drug-likeness (QED) is 0.367. The third kappa shape index (κ3) is 6.00. The normalized spacial score (nSPS) is 11.2. The average Bonchev–Trinajstić information content (AvgIpc) is 2.41. The van der Waals surface area contributed by atoms with Gasteiger partial charge in [0.25, 0.3) is 0 Å². The van der Waals surface area contributed by atoms with Crippen LogP contribution in [0.1, 0.15) is 18.9 Å². The van der Waals surface area contributed by atoms with Crippen molar-refractivity contribution in [2.75, 3.05) is 20.3 Å². The minimum Gasteiger partial charge on any atom is -0.383 e. The number of hydrazone groups is 1. The highest BCUT2D eigenvalue weighted by atomic mass is 35.5.